The molecule has 1 saturated heterocycles. The molecule has 1 aliphatic heterocycles. The largest absolute Gasteiger partial charge is 0.511 e. The van der Waals surface area contributed by atoms with Gasteiger partial charge >= 0.3 is 12.2 Å². The number of hydrogen-bond acceptors (Lipinski definition) is 5. The van der Waals surface area contributed by atoms with E-state index < -0.39 is 12.2 Å². The van der Waals surface area contributed by atoms with Crippen molar-refractivity contribution in [1.29, 1.82) is 0 Å². The molecule has 0 spiro atoms. The van der Waals surface area contributed by atoms with Crippen molar-refractivity contribution in [1.82, 2.24) is 10.2 Å². The van der Waals surface area contributed by atoms with Crippen molar-refractivity contribution in [3.63, 3.8) is 0 Å². The van der Waals surface area contributed by atoms with Gasteiger partial charge in [0.1, 0.15) is 5.02 Å². The number of carbonyl (C=O) groups excluding carboxylic acids is 2. The molecule has 0 radical (unpaired) electrons. The second-order valence-electron chi connectivity index (χ2n) is 9.75. The first-order valence-corrected chi connectivity index (χ1v) is 13.3. The molecule has 3 N–H and O–H groups in total. The van der Waals surface area contributed by atoms with Crippen molar-refractivity contribution in [3.05, 3.63) is 45.9 Å². The number of urea groups is 1. The molecular weight excluding hydrogens is 533 g/mol. The Morgan fingerprint density at radius 2 is 1.84 bits per heavy atom. The molecule has 38 heavy (non-hydrogen) atoms. The van der Waals surface area contributed by atoms with Crippen LogP contribution in [0.5, 0.6) is 5.75 Å². The van der Waals surface area contributed by atoms with Gasteiger partial charge < -0.3 is 25.2 Å². The zero-order valence-corrected chi connectivity index (χ0v) is 22.8. The van der Waals surface area contributed by atoms with Gasteiger partial charge in [-0.2, -0.15) is 0 Å². The molecule has 11 heteroatoms. The van der Waals surface area contributed by atoms with Gasteiger partial charge in [-0.3, -0.25) is 9.69 Å². The number of benzene rings is 2. The van der Waals surface area contributed by atoms with Crippen LogP contribution in [0.15, 0.2) is 30.3 Å². The van der Waals surface area contributed by atoms with E-state index >= 15 is 0 Å². The highest BCUT2D eigenvalue weighted by atomic mass is 35.5. The number of hydrogen-bond donors (Lipinski definition) is 3. The van der Waals surface area contributed by atoms with Crippen LogP contribution in [0, 0.1) is 5.92 Å². The van der Waals surface area contributed by atoms with Gasteiger partial charge in [-0.25, -0.2) is 9.59 Å². The van der Waals surface area contributed by atoms with Crippen molar-refractivity contribution in [2.75, 3.05) is 25.5 Å². The first-order valence-electron chi connectivity index (χ1n) is 12.6. The number of aliphatic hydroxyl groups excluding tert-OH is 1. The summed E-state index contributed by atoms with van der Waals surface area (Å²) in [5.41, 5.74) is 2.31. The number of nitrogens with zero attached hydrogens (tertiary/aromatic N) is 2. The van der Waals surface area contributed by atoms with Crippen LogP contribution in [0.4, 0.5) is 15.3 Å². The fourth-order valence-corrected chi connectivity index (χ4v) is 5.97. The van der Waals surface area contributed by atoms with E-state index in [2.05, 4.69) is 5.32 Å². The summed E-state index contributed by atoms with van der Waals surface area (Å²) in [6.45, 7) is 0.721. The molecule has 1 aliphatic carbocycles. The average Bonchev–Trinajstić information content (AvgIpc) is 3.25. The van der Waals surface area contributed by atoms with Crippen molar-refractivity contribution >= 4 is 47.0 Å². The molecule has 2 fully saturated rings. The van der Waals surface area contributed by atoms with Crippen LogP contribution in [-0.2, 0) is 11.2 Å². The average molecular weight is 564 g/mol. The van der Waals surface area contributed by atoms with Crippen LogP contribution in [0.25, 0.3) is 11.1 Å². The first-order chi connectivity index (χ1) is 18.1. The second-order valence-corrected chi connectivity index (χ2v) is 10.5. The molecule has 9 nitrogen and oxygen atoms in total. The zero-order valence-electron chi connectivity index (χ0n) is 21.2. The normalized spacial score (nSPS) is 21.3. The number of likely N-dealkylation sites (tertiary alicyclic amines) is 1. The van der Waals surface area contributed by atoms with Gasteiger partial charge in [-0.1, -0.05) is 35.3 Å². The number of anilines is 1. The van der Waals surface area contributed by atoms with E-state index in [1.54, 1.807) is 12.1 Å². The van der Waals surface area contributed by atoms with Gasteiger partial charge in [0.2, 0.25) is 5.91 Å². The Kier molecular flexibility index (Phi) is 8.70. The molecule has 2 aliphatic rings. The zero-order chi connectivity index (χ0) is 27.6. The Balaban J connectivity index is 1.57. The minimum absolute atomic E-state index is 0.0388. The third-order valence-corrected chi connectivity index (χ3v) is 8.14. The van der Waals surface area contributed by atoms with E-state index in [1.807, 2.05) is 17.0 Å². The summed E-state index contributed by atoms with van der Waals surface area (Å²) in [5, 5.41) is 21.8. The predicted molar refractivity (Wildman–Crippen MR) is 145 cm³/mol. The van der Waals surface area contributed by atoms with Gasteiger partial charge in [0.25, 0.3) is 0 Å². The smallest absolute Gasteiger partial charge is 0.449 e. The van der Waals surface area contributed by atoms with E-state index in [4.69, 9.17) is 33.0 Å². The Labute approximate surface area is 231 Å². The molecule has 0 aromatic heterocycles. The number of amides is 3. The molecule has 4 rings (SSSR count). The number of carbonyl (C=O) groups is 3. The summed E-state index contributed by atoms with van der Waals surface area (Å²) in [4.78, 5) is 39.9. The molecule has 0 unspecified atom stereocenters. The van der Waals surface area contributed by atoms with Crippen molar-refractivity contribution < 1.29 is 29.3 Å². The number of ether oxygens (including phenoxy) is 1. The summed E-state index contributed by atoms with van der Waals surface area (Å²) in [7, 11) is 2.98. The quantitative estimate of drug-likeness (QED) is 0.328. The Bertz CT molecular complexity index is 1230. The van der Waals surface area contributed by atoms with E-state index in [0.717, 1.165) is 44.2 Å². The highest BCUT2D eigenvalue weighted by Gasteiger charge is 2.37. The molecule has 1 atom stereocenters. The lowest BCUT2D eigenvalue weighted by Crippen LogP contribution is -2.41. The maximum absolute atomic E-state index is 13.2. The number of nitrogens with one attached hydrogen (secondary N) is 1. The Hall–Kier alpha value is -3.01. The molecule has 2 aromatic carbocycles. The molecule has 1 saturated carbocycles. The van der Waals surface area contributed by atoms with Crippen LogP contribution in [0.3, 0.4) is 0 Å². The van der Waals surface area contributed by atoms with E-state index in [0.29, 0.717) is 22.6 Å². The van der Waals surface area contributed by atoms with Gasteiger partial charge in [-0.15, -0.1) is 0 Å². The summed E-state index contributed by atoms with van der Waals surface area (Å²) in [6.07, 6.45) is 2.62. The van der Waals surface area contributed by atoms with E-state index in [1.165, 1.54) is 25.1 Å². The van der Waals surface area contributed by atoms with Gasteiger partial charge in [-0.05, 0) is 67.9 Å². The molecule has 0 bridgehead atoms. The number of rotatable bonds is 6. The van der Waals surface area contributed by atoms with Crippen molar-refractivity contribution in [3.8, 4) is 16.9 Å². The monoisotopic (exact) mass is 563 g/mol. The number of halogens is 2. The van der Waals surface area contributed by atoms with E-state index in [9.17, 15) is 19.5 Å². The Morgan fingerprint density at radius 1 is 1.13 bits per heavy atom. The van der Waals surface area contributed by atoms with Gasteiger partial charge in [0.05, 0.1) is 11.8 Å². The lowest BCUT2D eigenvalue weighted by atomic mass is 9.92. The lowest BCUT2D eigenvalue weighted by Gasteiger charge is -2.33. The highest BCUT2D eigenvalue weighted by Crippen LogP contribution is 2.43. The van der Waals surface area contributed by atoms with Gasteiger partial charge in [0.15, 0.2) is 5.75 Å². The third-order valence-electron chi connectivity index (χ3n) is 7.42. The minimum atomic E-state index is -1.53. The lowest BCUT2D eigenvalue weighted by molar-refractivity contribution is -0.133. The topological polar surface area (TPSA) is 119 Å². The molecule has 1 heterocycles. The summed E-state index contributed by atoms with van der Waals surface area (Å²) in [5.74, 6) is -0.114. The van der Waals surface area contributed by atoms with Crippen LogP contribution in [0.2, 0.25) is 10.0 Å². The van der Waals surface area contributed by atoms with Crippen LogP contribution >= 0.6 is 23.2 Å². The minimum Gasteiger partial charge on any atom is -0.449 e. The van der Waals surface area contributed by atoms with Crippen LogP contribution in [-0.4, -0.2) is 66.0 Å². The fourth-order valence-electron chi connectivity index (χ4n) is 5.38. The summed E-state index contributed by atoms with van der Waals surface area (Å²) >= 11 is 13.2. The summed E-state index contributed by atoms with van der Waals surface area (Å²) < 4.78 is 4.78. The molecule has 204 valence electrons. The van der Waals surface area contributed by atoms with E-state index in [-0.39, 0.29) is 40.4 Å². The maximum Gasteiger partial charge on any atom is 0.511 e. The van der Waals surface area contributed by atoms with Crippen molar-refractivity contribution in [2.45, 2.75) is 50.7 Å². The van der Waals surface area contributed by atoms with Crippen LogP contribution < -0.4 is 15.0 Å². The summed E-state index contributed by atoms with van der Waals surface area (Å²) in [6, 6.07) is 8.23. The number of aliphatic hydroxyl groups is 1. The standard InChI is InChI=1S/C27H31Cl2N3O6/c1-30-26(35)31(2)24-20(9-10-22(23(24)29)38-27(36)37)15-3-4-16(21(28)14-15)13-17-11-12-32(25(17)34)18-5-7-19(33)8-6-18/h3-4,9-10,14,17-19,33H,5-8,11-13H2,1-2H3,(H,30,35)(H,36,37)/t17-,18-,19-/m0/s1. The second kappa shape index (κ2) is 11.8. The van der Waals surface area contributed by atoms with Gasteiger partial charge in [0, 0.05) is 43.2 Å². The SMILES string of the molecule is CNC(=O)N(C)c1c(-c2ccc(C[C@@H]3CCN([C@H]4CC[C@H](O)CC4)C3=O)c(Cl)c2)ccc(OC(=O)O)c1Cl. The fraction of sp³-hybridized carbons (Fsp3) is 0.444. The Morgan fingerprint density at radius 3 is 2.47 bits per heavy atom. The third kappa shape index (κ3) is 5.85. The molecular formula is C27H31Cl2N3O6. The number of carboxylic acid groups (broad SMARTS) is 1. The predicted octanol–water partition coefficient (Wildman–Crippen LogP) is 5.19. The van der Waals surface area contributed by atoms with Crippen LogP contribution in [0.1, 0.15) is 37.7 Å². The maximum atomic E-state index is 13.2. The first kappa shape index (κ1) is 28.0. The molecule has 2 aromatic rings. The van der Waals surface area contributed by atoms with Crippen molar-refractivity contribution in [2.24, 2.45) is 5.92 Å². The molecule has 3 amide bonds. The highest BCUT2D eigenvalue weighted by molar-refractivity contribution is 6.36.